The van der Waals surface area contributed by atoms with Gasteiger partial charge in [0.15, 0.2) is 6.04 Å². The Balaban J connectivity index is 1.32. The molecule has 2 atom stereocenters. The molecular weight excluding hydrogens is 629 g/mol. The first-order chi connectivity index (χ1) is 23.3. The summed E-state index contributed by atoms with van der Waals surface area (Å²) in [4.78, 5) is 43.1. The van der Waals surface area contributed by atoms with Crippen LogP contribution in [0.5, 0.6) is 5.75 Å². The fraction of sp³-hybridized carbons (Fsp3) is 0.351. The van der Waals surface area contributed by atoms with Crippen LogP contribution in [0.15, 0.2) is 72.8 Å². The lowest BCUT2D eigenvalue weighted by molar-refractivity contribution is -0.191. The van der Waals surface area contributed by atoms with Gasteiger partial charge in [0, 0.05) is 23.5 Å². The van der Waals surface area contributed by atoms with E-state index >= 15 is 0 Å². The van der Waals surface area contributed by atoms with Gasteiger partial charge in [0.05, 0.1) is 19.2 Å². The van der Waals surface area contributed by atoms with E-state index in [1.807, 2.05) is 56.3 Å². The van der Waals surface area contributed by atoms with E-state index in [0.29, 0.717) is 30.4 Å². The van der Waals surface area contributed by atoms with Crippen molar-refractivity contribution in [1.82, 2.24) is 15.0 Å². The van der Waals surface area contributed by atoms with Gasteiger partial charge in [-0.25, -0.2) is 19.0 Å². The molecule has 258 valence electrons. The van der Waals surface area contributed by atoms with Gasteiger partial charge >= 0.3 is 12.1 Å². The average Bonchev–Trinajstić information content (AvgIpc) is 3.04. The zero-order valence-corrected chi connectivity index (χ0v) is 28.6. The van der Waals surface area contributed by atoms with E-state index in [4.69, 9.17) is 19.3 Å². The number of anilines is 3. The fourth-order valence-electron chi connectivity index (χ4n) is 5.57. The summed E-state index contributed by atoms with van der Waals surface area (Å²) in [7, 11) is 0. The summed E-state index contributed by atoms with van der Waals surface area (Å²) in [5.41, 5.74) is 4.44. The van der Waals surface area contributed by atoms with Crippen molar-refractivity contribution in [2.75, 3.05) is 23.4 Å². The van der Waals surface area contributed by atoms with Crippen LogP contribution in [0.4, 0.5) is 26.6 Å². The molecule has 2 N–H and O–H groups in total. The lowest BCUT2D eigenvalue weighted by atomic mass is 9.93. The molecule has 0 aliphatic carbocycles. The number of hydroxylamine groups is 2. The molecular formula is C37H42FN5O6. The van der Waals surface area contributed by atoms with Gasteiger partial charge in [-0.3, -0.25) is 0 Å². The van der Waals surface area contributed by atoms with Gasteiger partial charge in [0.1, 0.15) is 23.0 Å². The number of aromatic nitrogens is 2. The molecule has 1 aromatic heterocycles. The molecule has 0 amide bonds. The molecule has 1 unspecified atom stereocenters. The van der Waals surface area contributed by atoms with Gasteiger partial charge in [0.2, 0.25) is 5.95 Å². The van der Waals surface area contributed by atoms with Gasteiger partial charge in [0.25, 0.3) is 0 Å². The number of ether oxygens (including phenoxy) is 2. The maximum Gasteiger partial charge on any atom is 0.528 e. The lowest BCUT2D eigenvalue weighted by Gasteiger charge is -2.37. The first kappa shape index (κ1) is 35.2. The number of fused-ring (bicyclic) bond motifs is 1. The van der Waals surface area contributed by atoms with Crippen LogP contribution in [0.2, 0.25) is 0 Å². The number of nitrogens with zero attached hydrogens (tertiary/aromatic N) is 4. The van der Waals surface area contributed by atoms with Gasteiger partial charge < -0.3 is 29.6 Å². The maximum absolute atomic E-state index is 13.5. The molecule has 0 spiro atoms. The minimum absolute atomic E-state index is 0.0149. The monoisotopic (exact) mass is 671 g/mol. The van der Waals surface area contributed by atoms with Crippen LogP contribution in [0.25, 0.3) is 0 Å². The molecule has 5 rings (SSSR count). The van der Waals surface area contributed by atoms with Gasteiger partial charge in [-0.1, -0.05) is 36.4 Å². The predicted molar refractivity (Wildman–Crippen MR) is 183 cm³/mol. The smallest absolute Gasteiger partial charge is 0.427 e. The zero-order chi connectivity index (χ0) is 35.3. The van der Waals surface area contributed by atoms with Crippen LogP contribution in [-0.4, -0.2) is 57.1 Å². The second kappa shape index (κ2) is 15.0. The number of hydrogen-bond donors (Lipinski definition) is 2. The van der Waals surface area contributed by atoms with Crippen LogP contribution in [0.3, 0.4) is 0 Å². The van der Waals surface area contributed by atoms with Crippen LogP contribution < -0.4 is 15.0 Å². The summed E-state index contributed by atoms with van der Waals surface area (Å²) in [5.74, 6) is 0.400. The molecule has 0 bridgehead atoms. The molecule has 0 saturated carbocycles. The normalized spacial score (nSPS) is 15.0. The highest BCUT2D eigenvalue weighted by atomic mass is 19.1. The SMILES string of the molecule is Cc1nc(Nc2ccc(F)cc2)nc(N2CCc3cc(OC(=O)[C@H](CO)N(Cc4ccccc4)OC(=O)OC(C)(C)C)ccc3C2C)c1C. The maximum atomic E-state index is 13.5. The van der Waals surface area contributed by atoms with Crippen molar-refractivity contribution in [1.29, 1.82) is 0 Å². The van der Waals surface area contributed by atoms with Crippen molar-refractivity contribution in [2.24, 2.45) is 0 Å². The number of aliphatic hydroxyl groups excluding tert-OH is 1. The summed E-state index contributed by atoms with van der Waals surface area (Å²) in [6.45, 7) is 11.1. The van der Waals surface area contributed by atoms with Crippen molar-refractivity contribution < 1.29 is 33.4 Å². The lowest BCUT2D eigenvalue weighted by Crippen LogP contribution is -2.47. The van der Waals surface area contributed by atoms with Crippen LogP contribution in [0.1, 0.15) is 61.7 Å². The standard InChI is InChI=1S/C37H42FN5O6/c1-23-24(2)39-35(40-29-14-12-28(38)13-15-29)41-33(23)42-19-18-27-20-30(16-17-31(27)25(42)3)47-34(45)32(22-44)43(21-26-10-8-7-9-11-26)49-36(46)48-37(4,5)6/h7-17,20,25,32,44H,18-19,21-22H2,1-6H3,(H,39,40,41)/t25?,32-/m0/s1. The van der Waals surface area contributed by atoms with Crippen LogP contribution in [0, 0.1) is 19.7 Å². The van der Waals surface area contributed by atoms with Crippen molar-refractivity contribution in [3.8, 4) is 5.75 Å². The van der Waals surface area contributed by atoms with Gasteiger partial charge in [-0.2, -0.15) is 4.98 Å². The van der Waals surface area contributed by atoms with E-state index in [1.54, 1.807) is 39.0 Å². The molecule has 0 saturated heterocycles. The number of halogens is 1. The Hall–Kier alpha value is -5.07. The van der Waals surface area contributed by atoms with Crippen molar-refractivity contribution in [2.45, 2.75) is 72.2 Å². The van der Waals surface area contributed by atoms with Crippen molar-refractivity contribution in [3.05, 3.63) is 107 Å². The topological polar surface area (TPSA) is 126 Å². The van der Waals surface area contributed by atoms with Gasteiger partial charge in [-0.05, 0) is 101 Å². The fourth-order valence-corrected chi connectivity index (χ4v) is 5.57. The second-order valence-corrected chi connectivity index (χ2v) is 12.9. The number of carbonyl (C=O) groups is 2. The third-order valence-corrected chi connectivity index (χ3v) is 8.16. The first-order valence-corrected chi connectivity index (χ1v) is 16.1. The molecule has 1 aliphatic heterocycles. The minimum Gasteiger partial charge on any atom is -0.427 e. The molecule has 2 heterocycles. The number of aliphatic hydroxyl groups is 1. The highest BCUT2D eigenvalue weighted by molar-refractivity contribution is 5.78. The summed E-state index contributed by atoms with van der Waals surface area (Å²) in [6.07, 6.45) is -0.353. The predicted octanol–water partition coefficient (Wildman–Crippen LogP) is 6.74. The summed E-state index contributed by atoms with van der Waals surface area (Å²) in [5, 5.41) is 14.5. The Labute approximate surface area is 285 Å². The molecule has 11 nitrogen and oxygen atoms in total. The zero-order valence-electron chi connectivity index (χ0n) is 28.6. The Bertz CT molecular complexity index is 1780. The minimum atomic E-state index is -1.32. The van der Waals surface area contributed by atoms with Crippen LogP contribution in [-0.2, 0) is 27.3 Å². The van der Waals surface area contributed by atoms with E-state index in [-0.39, 0.29) is 18.4 Å². The molecule has 1 aliphatic rings. The summed E-state index contributed by atoms with van der Waals surface area (Å²) < 4.78 is 24.5. The van der Waals surface area contributed by atoms with Gasteiger partial charge in [-0.15, -0.1) is 5.06 Å². The molecule has 0 radical (unpaired) electrons. The average molecular weight is 672 g/mol. The van der Waals surface area contributed by atoms with Crippen molar-refractivity contribution in [3.63, 3.8) is 0 Å². The highest BCUT2D eigenvalue weighted by Gasteiger charge is 2.33. The highest BCUT2D eigenvalue weighted by Crippen LogP contribution is 2.37. The third-order valence-electron chi connectivity index (χ3n) is 8.16. The molecule has 3 aromatic carbocycles. The van der Waals surface area contributed by atoms with E-state index in [2.05, 4.69) is 22.1 Å². The third kappa shape index (κ3) is 8.89. The Morgan fingerprint density at radius 1 is 1.06 bits per heavy atom. The largest absolute Gasteiger partial charge is 0.528 e. The number of rotatable bonds is 10. The number of nitrogens with one attached hydrogen (secondary N) is 1. The number of aryl methyl sites for hydroxylation is 1. The Morgan fingerprint density at radius 3 is 2.45 bits per heavy atom. The first-order valence-electron chi connectivity index (χ1n) is 16.1. The van der Waals surface area contributed by atoms with E-state index in [0.717, 1.165) is 38.8 Å². The molecule has 49 heavy (non-hydrogen) atoms. The number of hydrogen-bond acceptors (Lipinski definition) is 11. The second-order valence-electron chi connectivity index (χ2n) is 12.9. The number of esters is 1. The van der Waals surface area contributed by atoms with E-state index < -0.39 is 30.4 Å². The summed E-state index contributed by atoms with van der Waals surface area (Å²) >= 11 is 0. The van der Waals surface area contributed by atoms with Crippen molar-refractivity contribution >= 4 is 29.6 Å². The summed E-state index contributed by atoms with van der Waals surface area (Å²) in [6, 6.07) is 19.2. The van der Waals surface area contributed by atoms with E-state index in [1.165, 1.54) is 12.1 Å². The Morgan fingerprint density at radius 2 is 1.78 bits per heavy atom. The van der Waals surface area contributed by atoms with E-state index in [9.17, 15) is 19.1 Å². The molecule has 4 aromatic rings. The van der Waals surface area contributed by atoms with Crippen LogP contribution >= 0.6 is 0 Å². The Kier molecular flexibility index (Phi) is 10.8. The molecule has 0 fully saturated rings. The molecule has 12 heteroatoms. The number of benzene rings is 3. The quantitative estimate of drug-likeness (QED) is 0.106. The number of carbonyl (C=O) groups excluding carboxylic acids is 2.